The molecule has 1 saturated heterocycles. The van der Waals surface area contributed by atoms with Gasteiger partial charge in [0.05, 0.1) is 44.2 Å². The van der Waals surface area contributed by atoms with Gasteiger partial charge in [-0.1, -0.05) is 6.07 Å². The van der Waals surface area contributed by atoms with Gasteiger partial charge in [0, 0.05) is 70.2 Å². The highest BCUT2D eigenvalue weighted by Crippen LogP contribution is 2.64. The Bertz CT molecular complexity index is 2480. The zero-order valence-electron chi connectivity index (χ0n) is 33.2. The summed E-state index contributed by atoms with van der Waals surface area (Å²) in [4.78, 5) is 36.1. The van der Waals surface area contributed by atoms with Crippen molar-refractivity contribution in [1.82, 2.24) is 20.1 Å². The summed E-state index contributed by atoms with van der Waals surface area (Å²) in [6.07, 6.45) is 1.21. The molecule has 3 N–H and O–H groups in total. The number of aromatic nitrogens is 1. The first-order chi connectivity index (χ1) is 28.0. The zero-order chi connectivity index (χ0) is 40.4. The molecular formula is C43H45N5O9S. The Morgan fingerprint density at radius 3 is 2.67 bits per heavy atom. The number of hydrogen-bond acceptors (Lipinski definition) is 14. The number of piperazine rings is 1. The normalized spacial score (nSPS) is 28.5. The number of ketones is 1. The van der Waals surface area contributed by atoms with Crippen molar-refractivity contribution in [3.8, 4) is 40.6 Å². The molecule has 1 aromatic heterocycles. The van der Waals surface area contributed by atoms with Crippen LogP contribution in [-0.4, -0.2) is 103 Å². The van der Waals surface area contributed by atoms with Crippen LogP contribution in [0.25, 0.3) is 10.9 Å². The number of benzene rings is 3. The molecule has 10 rings (SSSR count). The third-order valence-corrected chi connectivity index (χ3v) is 14.8. The average molecular weight is 808 g/mol. The van der Waals surface area contributed by atoms with Gasteiger partial charge in [-0.05, 0) is 68.6 Å². The van der Waals surface area contributed by atoms with Crippen molar-refractivity contribution in [2.24, 2.45) is 0 Å². The van der Waals surface area contributed by atoms with E-state index in [-0.39, 0.29) is 43.3 Å². The van der Waals surface area contributed by atoms with Crippen LogP contribution in [0.15, 0.2) is 24.3 Å². The maximum atomic E-state index is 14.9. The standard InChI is InChI=1S/C43H45N5O9S/c1-19-11-22-12-27-28(14-44)48-29-15-54-16-30(50)43(42-24(9-10-45-43)25-13-23(52-5)7-8-26(25)46-42)17-58-41(35(48)34(47(27)4)31(22)36(51)37(19)53-6)33-32(29)40-39(55-18-56-40)20(2)38(33)57-21(3)49/h7-8,11,13,27-29,34-35,41,45-46,51H,9-10,12,15-18H2,1-6H3/t27-,28-,29-,34+,35?,41+,43-/m0/s1. The number of ether oxygens (including phenoxy) is 6. The lowest BCUT2D eigenvalue weighted by atomic mass is 9.71. The Hall–Kier alpha value is -4.98. The number of esters is 1. The highest BCUT2D eigenvalue weighted by atomic mass is 32.2. The highest BCUT2D eigenvalue weighted by Gasteiger charge is 2.61. The molecule has 3 aromatic carbocycles. The van der Waals surface area contributed by atoms with E-state index in [4.69, 9.17) is 28.4 Å². The maximum absolute atomic E-state index is 14.9. The first-order valence-electron chi connectivity index (χ1n) is 19.6. The van der Waals surface area contributed by atoms with Crippen LogP contribution in [0.3, 0.4) is 0 Å². The molecule has 4 aromatic rings. The van der Waals surface area contributed by atoms with Crippen LogP contribution in [0.2, 0.25) is 0 Å². The smallest absolute Gasteiger partial charge is 0.308 e. The number of carbonyl (C=O) groups is 2. The van der Waals surface area contributed by atoms with Crippen LogP contribution in [0, 0.1) is 25.2 Å². The quantitative estimate of drug-likeness (QED) is 0.191. The lowest BCUT2D eigenvalue weighted by Gasteiger charge is -2.61. The summed E-state index contributed by atoms with van der Waals surface area (Å²) in [5.41, 5.74) is 6.08. The van der Waals surface area contributed by atoms with Crippen LogP contribution < -0.4 is 29.0 Å². The molecular weight excluding hydrogens is 763 g/mol. The van der Waals surface area contributed by atoms with Crippen molar-refractivity contribution in [3.05, 3.63) is 68.9 Å². The van der Waals surface area contributed by atoms with Gasteiger partial charge < -0.3 is 38.5 Å². The van der Waals surface area contributed by atoms with E-state index in [0.29, 0.717) is 47.9 Å². The molecule has 1 unspecified atom stereocenters. The van der Waals surface area contributed by atoms with Gasteiger partial charge >= 0.3 is 5.97 Å². The van der Waals surface area contributed by atoms with Crippen molar-refractivity contribution in [2.45, 2.75) is 74.6 Å². The summed E-state index contributed by atoms with van der Waals surface area (Å²) < 4.78 is 36.6. The number of nitrogens with zero attached hydrogens (tertiary/aromatic N) is 3. The average Bonchev–Trinajstić information content (AvgIpc) is 3.84. The van der Waals surface area contributed by atoms with Crippen LogP contribution >= 0.6 is 11.8 Å². The van der Waals surface area contributed by atoms with Gasteiger partial charge in [0.1, 0.15) is 29.7 Å². The Morgan fingerprint density at radius 2 is 1.91 bits per heavy atom. The Balaban J connectivity index is 1.25. The van der Waals surface area contributed by atoms with Crippen molar-refractivity contribution in [1.29, 1.82) is 5.26 Å². The number of Topliss-reactive ketones (excluding diaryl/α,β-unsaturated/α-hetero) is 1. The molecule has 302 valence electrons. The molecule has 1 spiro atoms. The van der Waals surface area contributed by atoms with Crippen LogP contribution in [0.1, 0.15) is 68.9 Å². The summed E-state index contributed by atoms with van der Waals surface area (Å²) in [6, 6.07) is 8.16. The van der Waals surface area contributed by atoms with Gasteiger partial charge in [0.15, 0.2) is 28.8 Å². The molecule has 0 radical (unpaired) electrons. The molecule has 7 atom stereocenters. The van der Waals surface area contributed by atoms with Crippen molar-refractivity contribution >= 4 is 34.4 Å². The number of thioether (sulfide) groups is 1. The number of aromatic amines is 1. The number of nitrogens with one attached hydrogen (secondary N) is 2. The maximum Gasteiger partial charge on any atom is 0.308 e. The number of aromatic hydroxyl groups is 1. The largest absolute Gasteiger partial charge is 0.504 e. The predicted molar refractivity (Wildman–Crippen MR) is 213 cm³/mol. The summed E-state index contributed by atoms with van der Waals surface area (Å²) in [5.74, 6) is 2.18. The fourth-order valence-corrected chi connectivity index (χ4v) is 12.7. The molecule has 4 bridgehead atoms. The van der Waals surface area contributed by atoms with Gasteiger partial charge in [-0.15, -0.1) is 11.8 Å². The summed E-state index contributed by atoms with van der Waals surface area (Å²) >= 11 is 1.57. The molecule has 6 aliphatic heterocycles. The number of aryl methyl sites for hydroxylation is 1. The van der Waals surface area contributed by atoms with Gasteiger partial charge in [0.2, 0.25) is 6.79 Å². The molecule has 0 saturated carbocycles. The predicted octanol–water partition coefficient (Wildman–Crippen LogP) is 4.81. The molecule has 1 fully saturated rings. The molecule has 0 aliphatic carbocycles. The van der Waals surface area contributed by atoms with Crippen molar-refractivity contribution in [2.75, 3.05) is 53.6 Å². The fourth-order valence-electron chi connectivity index (χ4n) is 10.9. The van der Waals surface area contributed by atoms with E-state index in [9.17, 15) is 20.0 Å². The first-order valence-corrected chi connectivity index (χ1v) is 20.7. The molecule has 58 heavy (non-hydrogen) atoms. The van der Waals surface area contributed by atoms with Crippen molar-refractivity contribution < 1.29 is 43.1 Å². The Labute approximate surface area is 339 Å². The minimum Gasteiger partial charge on any atom is -0.504 e. The van der Waals surface area contributed by atoms with E-state index in [1.54, 1.807) is 26.0 Å². The topological polar surface area (TPSA) is 168 Å². The third-order valence-electron chi connectivity index (χ3n) is 13.4. The second-order valence-corrected chi connectivity index (χ2v) is 17.3. The van der Waals surface area contributed by atoms with Gasteiger partial charge in [-0.25, -0.2) is 0 Å². The minimum atomic E-state index is -1.20. The molecule has 7 heterocycles. The first kappa shape index (κ1) is 37.3. The number of H-pyrrole nitrogens is 1. The molecule has 6 aliphatic rings. The number of phenolic OH excluding ortho intramolecular Hbond substituents is 1. The van der Waals surface area contributed by atoms with E-state index >= 15 is 0 Å². The second kappa shape index (κ2) is 13.5. The second-order valence-electron chi connectivity index (χ2n) is 16.1. The van der Waals surface area contributed by atoms with Gasteiger partial charge in [0.25, 0.3) is 0 Å². The number of rotatable bonds is 3. The van der Waals surface area contributed by atoms with Crippen LogP contribution in [0.4, 0.5) is 0 Å². The van der Waals surface area contributed by atoms with E-state index in [0.717, 1.165) is 55.7 Å². The number of likely N-dealkylation sites (N-methyl/N-ethyl adjacent to an activating group) is 1. The van der Waals surface area contributed by atoms with E-state index in [2.05, 4.69) is 32.2 Å². The number of phenols is 1. The molecule has 14 nitrogen and oxygen atoms in total. The zero-order valence-corrected chi connectivity index (χ0v) is 34.0. The molecule has 0 amide bonds. The lowest BCUT2D eigenvalue weighted by Crippen LogP contribution is -2.69. The number of fused-ring (bicyclic) bond motifs is 13. The number of methoxy groups -OCH3 is 2. The van der Waals surface area contributed by atoms with Crippen molar-refractivity contribution in [3.63, 3.8) is 0 Å². The van der Waals surface area contributed by atoms with E-state index in [1.807, 2.05) is 39.1 Å². The summed E-state index contributed by atoms with van der Waals surface area (Å²) in [7, 11) is 5.21. The summed E-state index contributed by atoms with van der Waals surface area (Å²) in [6.45, 7) is 5.49. The van der Waals surface area contributed by atoms with E-state index in [1.165, 1.54) is 6.92 Å². The molecule has 15 heteroatoms. The number of hydrogen-bond donors (Lipinski definition) is 3. The fraction of sp³-hybridized carbons (Fsp3) is 0.465. The van der Waals surface area contributed by atoms with Gasteiger partial charge in [-0.3, -0.25) is 24.7 Å². The Kier molecular flexibility index (Phi) is 8.70. The Morgan fingerprint density at radius 1 is 1.10 bits per heavy atom. The van der Waals surface area contributed by atoms with Crippen LogP contribution in [-0.2, 0) is 32.7 Å². The SMILES string of the molecule is COc1ccc2[nH]c3c(c2c1)CCN[C@]31CS[C@@H]2c3c(OC(C)=O)c(C)c4c(c3[C@H](COCC1=O)N1C2[C@H]2c3c(cc(C)c(OC)c3O)C[C@@H]([C@@H]1C#N)N2C)OCO4. The highest BCUT2D eigenvalue weighted by molar-refractivity contribution is 7.99. The van der Waals surface area contributed by atoms with E-state index < -0.39 is 40.9 Å². The summed E-state index contributed by atoms with van der Waals surface area (Å²) in [5, 5.41) is 27.5. The monoisotopic (exact) mass is 807 g/mol. The number of carbonyl (C=O) groups excluding carboxylic acids is 2. The lowest BCUT2D eigenvalue weighted by molar-refractivity contribution is -0.133. The van der Waals surface area contributed by atoms with Gasteiger partial charge in [-0.2, -0.15) is 5.26 Å². The minimum absolute atomic E-state index is 0.0230. The third kappa shape index (κ3) is 5.05. The van der Waals surface area contributed by atoms with Crippen LogP contribution in [0.5, 0.6) is 34.5 Å². The number of nitriles is 1.